The van der Waals surface area contributed by atoms with E-state index in [-0.39, 0.29) is 0 Å². The van der Waals surface area contributed by atoms with Crippen LogP contribution in [0.2, 0.25) is 0 Å². The molecular formula is C14H27NO. The van der Waals surface area contributed by atoms with E-state index in [0.29, 0.717) is 6.04 Å². The van der Waals surface area contributed by atoms with E-state index in [0.717, 1.165) is 39.0 Å². The van der Waals surface area contributed by atoms with Gasteiger partial charge in [-0.1, -0.05) is 6.92 Å². The molecular weight excluding hydrogens is 198 g/mol. The third-order valence-corrected chi connectivity index (χ3v) is 2.60. The van der Waals surface area contributed by atoms with Crippen molar-refractivity contribution in [2.24, 2.45) is 0 Å². The highest BCUT2D eigenvalue weighted by atomic mass is 16.5. The fraction of sp³-hybridized carbons (Fsp3) is 0.857. The molecule has 0 aliphatic rings. The summed E-state index contributed by atoms with van der Waals surface area (Å²) in [5, 5.41) is 3.58. The number of hydrogen-bond acceptors (Lipinski definition) is 2. The zero-order valence-electron chi connectivity index (χ0n) is 10.9. The summed E-state index contributed by atoms with van der Waals surface area (Å²) >= 11 is 0. The fourth-order valence-corrected chi connectivity index (χ4v) is 1.72. The third-order valence-electron chi connectivity index (χ3n) is 2.60. The first-order valence-electron chi connectivity index (χ1n) is 6.59. The van der Waals surface area contributed by atoms with Gasteiger partial charge in [0.15, 0.2) is 0 Å². The minimum Gasteiger partial charge on any atom is -0.382 e. The first-order chi connectivity index (χ1) is 7.85. The maximum absolute atomic E-state index is 5.35. The van der Waals surface area contributed by atoms with Crippen LogP contribution in [0, 0.1) is 12.3 Å². The van der Waals surface area contributed by atoms with E-state index in [4.69, 9.17) is 11.2 Å². The Bertz CT molecular complexity index is 174. The van der Waals surface area contributed by atoms with Crippen molar-refractivity contribution in [2.45, 2.75) is 58.4 Å². The number of terminal acetylenes is 1. The van der Waals surface area contributed by atoms with Gasteiger partial charge in [-0.25, -0.2) is 0 Å². The maximum atomic E-state index is 5.35. The number of unbranched alkanes of at least 4 members (excludes halogenated alkanes) is 1. The van der Waals surface area contributed by atoms with Gasteiger partial charge in [0, 0.05) is 25.7 Å². The highest BCUT2D eigenvalue weighted by Crippen LogP contribution is 2.07. The van der Waals surface area contributed by atoms with E-state index in [9.17, 15) is 0 Å². The van der Waals surface area contributed by atoms with Gasteiger partial charge in [0.2, 0.25) is 0 Å². The summed E-state index contributed by atoms with van der Waals surface area (Å²) in [5.74, 6) is 2.70. The van der Waals surface area contributed by atoms with Crippen LogP contribution >= 0.6 is 0 Å². The quantitative estimate of drug-likeness (QED) is 0.431. The predicted molar refractivity (Wildman–Crippen MR) is 70.5 cm³/mol. The summed E-state index contributed by atoms with van der Waals surface area (Å²) in [5.41, 5.74) is 0. The monoisotopic (exact) mass is 225 g/mol. The largest absolute Gasteiger partial charge is 0.382 e. The van der Waals surface area contributed by atoms with Crippen LogP contribution in [0.4, 0.5) is 0 Å². The van der Waals surface area contributed by atoms with Crippen LogP contribution < -0.4 is 5.32 Å². The molecule has 94 valence electrons. The van der Waals surface area contributed by atoms with Crippen molar-refractivity contribution in [2.75, 3.05) is 19.8 Å². The fourth-order valence-electron chi connectivity index (χ4n) is 1.72. The normalized spacial score (nSPS) is 12.3. The Kier molecular flexibility index (Phi) is 12.1. The Labute approximate surface area is 101 Å². The van der Waals surface area contributed by atoms with Crippen molar-refractivity contribution in [1.29, 1.82) is 0 Å². The lowest BCUT2D eigenvalue weighted by Crippen LogP contribution is -2.30. The van der Waals surface area contributed by atoms with Crippen molar-refractivity contribution >= 4 is 0 Å². The molecule has 0 aromatic carbocycles. The molecule has 0 radical (unpaired) electrons. The second-order valence-corrected chi connectivity index (χ2v) is 4.09. The maximum Gasteiger partial charge on any atom is 0.0466 e. The summed E-state index contributed by atoms with van der Waals surface area (Å²) in [6.07, 6.45) is 12.0. The Morgan fingerprint density at radius 2 is 2.00 bits per heavy atom. The molecule has 16 heavy (non-hydrogen) atoms. The zero-order chi connectivity index (χ0) is 12.1. The van der Waals surface area contributed by atoms with Crippen molar-refractivity contribution < 1.29 is 4.74 Å². The standard InChI is InChI=1S/C14H27NO/c1-4-7-8-10-14(15-12-5-2)11-9-13-16-6-3/h1,14-15H,5-13H2,2-3H3. The minimum absolute atomic E-state index is 0.619. The Hall–Kier alpha value is -0.520. The van der Waals surface area contributed by atoms with E-state index < -0.39 is 0 Å². The van der Waals surface area contributed by atoms with Crippen LogP contribution in [-0.2, 0) is 4.74 Å². The van der Waals surface area contributed by atoms with Crippen LogP contribution in [0.3, 0.4) is 0 Å². The topological polar surface area (TPSA) is 21.3 Å². The van der Waals surface area contributed by atoms with Gasteiger partial charge in [-0.3, -0.25) is 0 Å². The molecule has 0 heterocycles. The van der Waals surface area contributed by atoms with E-state index in [1.165, 1.54) is 19.3 Å². The van der Waals surface area contributed by atoms with Gasteiger partial charge in [0.1, 0.15) is 0 Å². The summed E-state index contributed by atoms with van der Waals surface area (Å²) in [6, 6.07) is 0.619. The molecule has 0 aliphatic carbocycles. The van der Waals surface area contributed by atoms with Gasteiger partial charge in [-0.2, -0.15) is 0 Å². The molecule has 0 saturated carbocycles. The van der Waals surface area contributed by atoms with E-state index in [1.54, 1.807) is 0 Å². The third kappa shape index (κ3) is 10.0. The van der Waals surface area contributed by atoms with Gasteiger partial charge in [0.05, 0.1) is 0 Å². The van der Waals surface area contributed by atoms with Crippen LogP contribution in [0.1, 0.15) is 52.4 Å². The van der Waals surface area contributed by atoms with E-state index in [1.807, 2.05) is 6.92 Å². The molecule has 0 spiro atoms. The second-order valence-electron chi connectivity index (χ2n) is 4.09. The van der Waals surface area contributed by atoms with Crippen molar-refractivity contribution in [3.05, 3.63) is 0 Å². The van der Waals surface area contributed by atoms with Gasteiger partial charge < -0.3 is 10.1 Å². The molecule has 0 rings (SSSR count). The van der Waals surface area contributed by atoms with Gasteiger partial charge in [0.25, 0.3) is 0 Å². The molecule has 0 bridgehead atoms. The number of nitrogens with one attached hydrogen (secondary N) is 1. The van der Waals surface area contributed by atoms with Gasteiger partial charge in [-0.05, 0) is 45.6 Å². The molecule has 1 N–H and O–H groups in total. The first kappa shape index (κ1) is 15.5. The minimum atomic E-state index is 0.619. The lowest BCUT2D eigenvalue weighted by Gasteiger charge is -2.17. The van der Waals surface area contributed by atoms with Crippen molar-refractivity contribution in [3.8, 4) is 12.3 Å². The van der Waals surface area contributed by atoms with Crippen LogP contribution in [0.15, 0.2) is 0 Å². The zero-order valence-corrected chi connectivity index (χ0v) is 10.9. The molecule has 0 aliphatic heterocycles. The molecule has 0 aromatic heterocycles. The first-order valence-corrected chi connectivity index (χ1v) is 6.59. The SMILES string of the molecule is C#CCCCC(CCCOCC)NCCC. The summed E-state index contributed by atoms with van der Waals surface area (Å²) in [7, 11) is 0. The molecule has 2 nitrogen and oxygen atoms in total. The molecule has 0 amide bonds. The average molecular weight is 225 g/mol. The van der Waals surface area contributed by atoms with Gasteiger partial charge in [-0.15, -0.1) is 12.3 Å². The Morgan fingerprint density at radius 3 is 2.62 bits per heavy atom. The Balaban J connectivity index is 3.59. The summed E-state index contributed by atoms with van der Waals surface area (Å²) < 4.78 is 5.35. The smallest absolute Gasteiger partial charge is 0.0466 e. The number of hydrogen-bond donors (Lipinski definition) is 1. The molecule has 0 aromatic rings. The number of rotatable bonds is 11. The molecule has 0 saturated heterocycles. The average Bonchev–Trinajstić information content (AvgIpc) is 2.31. The van der Waals surface area contributed by atoms with Gasteiger partial charge >= 0.3 is 0 Å². The van der Waals surface area contributed by atoms with Crippen LogP contribution in [0.25, 0.3) is 0 Å². The molecule has 1 atom stereocenters. The molecule has 0 fully saturated rings. The number of ether oxygens (including phenoxy) is 1. The second kappa shape index (κ2) is 12.5. The lowest BCUT2D eigenvalue weighted by molar-refractivity contribution is 0.140. The Morgan fingerprint density at radius 1 is 1.25 bits per heavy atom. The summed E-state index contributed by atoms with van der Waals surface area (Å²) in [4.78, 5) is 0. The van der Waals surface area contributed by atoms with E-state index >= 15 is 0 Å². The molecule has 1 unspecified atom stereocenters. The molecule has 2 heteroatoms. The van der Waals surface area contributed by atoms with Crippen molar-refractivity contribution in [3.63, 3.8) is 0 Å². The van der Waals surface area contributed by atoms with E-state index in [2.05, 4.69) is 18.2 Å². The predicted octanol–water partition coefficient (Wildman–Crippen LogP) is 2.97. The van der Waals surface area contributed by atoms with Crippen LogP contribution in [-0.4, -0.2) is 25.8 Å². The van der Waals surface area contributed by atoms with Crippen molar-refractivity contribution in [1.82, 2.24) is 5.32 Å². The van der Waals surface area contributed by atoms with Crippen LogP contribution in [0.5, 0.6) is 0 Å². The lowest BCUT2D eigenvalue weighted by atomic mass is 10.0. The summed E-state index contributed by atoms with van der Waals surface area (Å²) in [6.45, 7) is 7.06. The highest BCUT2D eigenvalue weighted by molar-refractivity contribution is 4.83. The highest BCUT2D eigenvalue weighted by Gasteiger charge is 2.06.